The lowest BCUT2D eigenvalue weighted by Crippen LogP contribution is -2.41. The predicted molar refractivity (Wildman–Crippen MR) is 185 cm³/mol. The molecule has 3 aromatic carbocycles. The summed E-state index contributed by atoms with van der Waals surface area (Å²) in [7, 11) is -0.0953. The number of hydrogen-bond acceptors (Lipinski definition) is 10. The van der Waals surface area contributed by atoms with Crippen LogP contribution in [0.5, 0.6) is 11.5 Å². The molecule has 48 heavy (non-hydrogen) atoms. The third kappa shape index (κ3) is 7.43. The summed E-state index contributed by atoms with van der Waals surface area (Å²) < 4.78 is 58.1. The highest BCUT2D eigenvalue weighted by atomic mass is 79.9. The maximum absolute atomic E-state index is 13.6. The first-order chi connectivity index (χ1) is 23.2. The summed E-state index contributed by atoms with van der Waals surface area (Å²) in [5, 5.41) is 4.19. The Bertz CT molecular complexity index is 2060. The molecule has 0 fully saturated rings. The highest BCUT2D eigenvalue weighted by molar-refractivity contribution is 9.10. The van der Waals surface area contributed by atoms with Crippen LogP contribution in [-0.2, 0) is 26.8 Å². The van der Waals surface area contributed by atoms with Gasteiger partial charge in [0.15, 0.2) is 20.5 Å². The van der Waals surface area contributed by atoms with Crippen molar-refractivity contribution in [2.75, 3.05) is 38.3 Å². The largest absolute Gasteiger partial charge is 0.496 e. The second kappa shape index (κ2) is 14.3. The molecular formula is C35H33BrFN5O5S. The van der Waals surface area contributed by atoms with E-state index in [4.69, 9.17) is 14.2 Å². The average Bonchev–Trinajstić information content (AvgIpc) is 3.56. The molecule has 1 N–H and O–H groups in total. The number of halogens is 2. The lowest BCUT2D eigenvalue weighted by Gasteiger charge is -2.34. The maximum atomic E-state index is 13.6. The van der Waals surface area contributed by atoms with E-state index >= 15 is 0 Å². The molecule has 2 aromatic heterocycles. The zero-order chi connectivity index (χ0) is 33.7. The van der Waals surface area contributed by atoms with Gasteiger partial charge in [0.1, 0.15) is 36.1 Å². The molecule has 0 amide bonds. The van der Waals surface area contributed by atoms with Gasteiger partial charge in [-0.15, -0.1) is 0 Å². The zero-order valence-corrected chi connectivity index (χ0v) is 28.7. The van der Waals surface area contributed by atoms with E-state index < -0.39 is 15.4 Å². The Labute approximate surface area is 286 Å². The quantitative estimate of drug-likeness (QED) is 0.139. The summed E-state index contributed by atoms with van der Waals surface area (Å²) in [5.41, 5.74) is 2.07. The third-order valence-electron chi connectivity index (χ3n) is 7.99. The van der Waals surface area contributed by atoms with Crippen molar-refractivity contribution in [1.82, 2.24) is 19.9 Å². The second-order valence-corrected chi connectivity index (χ2v) is 14.3. The monoisotopic (exact) mass is 733 g/mol. The minimum absolute atomic E-state index is 0.0567. The van der Waals surface area contributed by atoms with Gasteiger partial charge in [0.05, 0.1) is 29.1 Å². The normalized spacial score (nSPS) is 15.9. The molecule has 0 bridgehead atoms. The van der Waals surface area contributed by atoms with E-state index in [2.05, 4.69) is 36.2 Å². The van der Waals surface area contributed by atoms with Gasteiger partial charge in [0.2, 0.25) is 0 Å². The summed E-state index contributed by atoms with van der Waals surface area (Å²) >= 11 is 3.58. The number of nitrogens with zero attached hydrogens (tertiary/aromatic N) is 4. The highest BCUT2D eigenvalue weighted by Crippen LogP contribution is 2.43. The number of anilines is 2. The van der Waals surface area contributed by atoms with Gasteiger partial charge in [-0.2, -0.15) is 0 Å². The van der Waals surface area contributed by atoms with E-state index in [0.717, 1.165) is 22.2 Å². The summed E-state index contributed by atoms with van der Waals surface area (Å²) in [5.74, 6) is 1.36. The number of fused-ring (bicyclic) bond motifs is 1. The first-order valence-electron chi connectivity index (χ1n) is 15.1. The van der Waals surface area contributed by atoms with Crippen LogP contribution >= 0.6 is 15.9 Å². The van der Waals surface area contributed by atoms with Crippen LogP contribution in [0.25, 0.3) is 10.9 Å². The van der Waals surface area contributed by atoms with Gasteiger partial charge < -0.3 is 24.4 Å². The molecule has 13 heteroatoms. The molecule has 3 heterocycles. The third-order valence-corrected chi connectivity index (χ3v) is 10.2. The van der Waals surface area contributed by atoms with Gasteiger partial charge in [0.25, 0.3) is 0 Å². The van der Waals surface area contributed by atoms with Crippen molar-refractivity contribution < 1.29 is 27.0 Å². The topological polar surface area (TPSA) is 116 Å². The number of hydrogen-bond donors (Lipinski definition) is 1. The molecule has 5 aromatic rings. The van der Waals surface area contributed by atoms with E-state index in [1.54, 1.807) is 37.6 Å². The molecular weight excluding hydrogens is 701 g/mol. The molecule has 0 spiro atoms. The predicted octanol–water partition coefficient (Wildman–Crippen LogP) is 6.79. The smallest absolute Gasteiger partial charge is 0.196 e. The van der Waals surface area contributed by atoms with Gasteiger partial charge in [-0.25, -0.2) is 27.8 Å². The molecule has 0 saturated carbocycles. The fraction of sp³-hybridized carbons (Fsp3) is 0.229. The summed E-state index contributed by atoms with van der Waals surface area (Å²) in [6, 6.07) is 20.5. The summed E-state index contributed by atoms with van der Waals surface area (Å²) in [6.45, 7) is 0.880. The Kier molecular flexibility index (Phi) is 9.90. The van der Waals surface area contributed by atoms with Crippen molar-refractivity contribution in [3.05, 3.63) is 119 Å². The molecule has 1 aliphatic heterocycles. The van der Waals surface area contributed by atoms with Crippen LogP contribution in [-0.4, -0.2) is 61.3 Å². The number of likely N-dealkylation sites (N-methyl/N-ethyl adjacent to an activating group) is 1. The molecule has 248 valence electrons. The lowest BCUT2D eigenvalue weighted by molar-refractivity contribution is 0.0104. The summed E-state index contributed by atoms with van der Waals surface area (Å²) in [6.07, 6.45) is 7.11. The number of methoxy groups -OCH3 is 1. The van der Waals surface area contributed by atoms with Crippen molar-refractivity contribution in [3.63, 3.8) is 0 Å². The number of pyridine rings is 1. The Hall–Kier alpha value is -4.59. The Morgan fingerprint density at radius 2 is 1.92 bits per heavy atom. The fourth-order valence-corrected chi connectivity index (χ4v) is 7.34. The molecule has 0 saturated heterocycles. The van der Waals surface area contributed by atoms with Gasteiger partial charge in [-0.05, 0) is 83.1 Å². The van der Waals surface area contributed by atoms with Crippen molar-refractivity contribution in [1.29, 1.82) is 0 Å². The van der Waals surface area contributed by atoms with Gasteiger partial charge in [0, 0.05) is 48.4 Å². The van der Waals surface area contributed by atoms with E-state index in [-0.39, 0.29) is 29.7 Å². The van der Waals surface area contributed by atoms with Crippen LogP contribution in [0.1, 0.15) is 17.5 Å². The lowest BCUT2D eigenvalue weighted by atomic mass is 9.88. The average molecular weight is 735 g/mol. The van der Waals surface area contributed by atoms with Crippen molar-refractivity contribution in [3.8, 4) is 11.5 Å². The Morgan fingerprint density at radius 3 is 2.65 bits per heavy atom. The van der Waals surface area contributed by atoms with Crippen LogP contribution in [0.3, 0.4) is 0 Å². The van der Waals surface area contributed by atoms with E-state index in [0.29, 0.717) is 40.3 Å². The molecule has 1 unspecified atom stereocenters. The highest BCUT2D eigenvalue weighted by Gasteiger charge is 2.40. The Balaban J connectivity index is 1.24. The van der Waals surface area contributed by atoms with Crippen LogP contribution in [0.2, 0.25) is 0 Å². The summed E-state index contributed by atoms with van der Waals surface area (Å²) in [4.78, 5) is 15.0. The van der Waals surface area contributed by atoms with Gasteiger partial charge in [-0.3, -0.25) is 0 Å². The van der Waals surface area contributed by atoms with E-state index in [9.17, 15) is 12.8 Å². The number of sulfone groups is 1. The zero-order valence-electron chi connectivity index (χ0n) is 26.3. The number of rotatable bonds is 13. The molecule has 10 nitrogen and oxygen atoms in total. The van der Waals surface area contributed by atoms with Crippen LogP contribution in [0, 0.1) is 5.82 Å². The SMILES string of the molecule is COc1cc2ncnc(Nc3ccc(OCc4cccc(F)c4)c(Br)c3)c2cc1C1(CN(C)CCS(=O)(=O)c2ccccn2)CC=CO1. The maximum Gasteiger partial charge on any atom is 0.196 e. The van der Waals surface area contributed by atoms with Crippen molar-refractivity contribution in [2.45, 2.75) is 23.7 Å². The molecule has 0 aliphatic carbocycles. The number of ether oxygens (including phenoxy) is 3. The number of benzene rings is 3. The minimum atomic E-state index is -3.56. The minimum Gasteiger partial charge on any atom is -0.496 e. The van der Waals surface area contributed by atoms with Crippen LogP contribution in [0.4, 0.5) is 15.9 Å². The Morgan fingerprint density at radius 1 is 1.04 bits per heavy atom. The van der Waals surface area contributed by atoms with Crippen molar-refractivity contribution in [2.24, 2.45) is 0 Å². The number of aromatic nitrogens is 3. The van der Waals surface area contributed by atoms with Crippen LogP contribution in [0.15, 0.2) is 107 Å². The molecule has 0 radical (unpaired) electrons. The van der Waals surface area contributed by atoms with Gasteiger partial charge >= 0.3 is 0 Å². The van der Waals surface area contributed by atoms with Crippen LogP contribution < -0.4 is 14.8 Å². The molecule has 1 atom stereocenters. The number of nitrogens with one attached hydrogen (secondary N) is 1. The van der Waals surface area contributed by atoms with Crippen molar-refractivity contribution >= 4 is 48.2 Å². The van der Waals surface area contributed by atoms with E-state index in [1.807, 2.05) is 48.4 Å². The first-order valence-corrected chi connectivity index (χ1v) is 17.5. The molecule has 6 rings (SSSR count). The fourth-order valence-electron chi connectivity index (χ4n) is 5.58. The first kappa shape index (κ1) is 33.3. The second-order valence-electron chi connectivity index (χ2n) is 11.4. The molecule has 1 aliphatic rings. The van der Waals surface area contributed by atoms with Gasteiger partial charge in [-0.1, -0.05) is 18.2 Å². The standard InChI is InChI=1S/C35H33BrFN5O5S/c1-42(14-16-48(43,44)33-9-3-4-13-38-33)22-35(12-6-15-47-35)28-19-27-30(20-32(28)45-2)39-23-40-34(27)41-26-10-11-31(29(36)18-26)46-21-24-7-5-8-25(37)17-24/h3-11,13,15,17-20,23H,12,14,16,21-22H2,1-2H3,(H,39,40,41). The van der Waals surface area contributed by atoms with E-state index in [1.165, 1.54) is 30.7 Å².